The molecule has 0 aliphatic heterocycles. The van der Waals surface area contributed by atoms with Gasteiger partial charge in [-0.1, -0.05) is 41.6 Å². The molecule has 0 spiro atoms. The second kappa shape index (κ2) is 12.0. The van der Waals surface area contributed by atoms with Crippen molar-refractivity contribution in [2.24, 2.45) is 0 Å². The molecule has 4 nitrogen and oxygen atoms in total. The van der Waals surface area contributed by atoms with E-state index in [-0.39, 0.29) is 0 Å². The summed E-state index contributed by atoms with van der Waals surface area (Å²) < 4.78 is 2.88. The first-order chi connectivity index (χ1) is 10.7. The maximum absolute atomic E-state index is 9.50. The maximum Gasteiger partial charge on any atom is 0.138 e. The smallest absolute Gasteiger partial charge is 0.138 e. The summed E-state index contributed by atoms with van der Waals surface area (Å²) in [4.78, 5) is 4.09. The summed E-state index contributed by atoms with van der Waals surface area (Å²) in [6.07, 6.45) is 2.91. The number of benzene rings is 1. The van der Waals surface area contributed by atoms with E-state index in [1.54, 1.807) is 13.1 Å². The molecule has 2 rings (SSSR count). The Morgan fingerprint density at radius 1 is 1.23 bits per heavy atom. The fourth-order valence-corrected chi connectivity index (χ4v) is 1.85. The number of aliphatic hydroxyl groups is 2. The molecular weight excluding hydrogens is 344 g/mol. The van der Waals surface area contributed by atoms with E-state index in [2.05, 4.69) is 32.8 Å². The summed E-state index contributed by atoms with van der Waals surface area (Å²) in [6.45, 7) is 6.22. The Kier molecular flexibility index (Phi) is 11.1. The van der Waals surface area contributed by atoms with Crippen LogP contribution in [-0.4, -0.2) is 26.9 Å². The Labute approximate surface area is 141 Å². The topological polar surface area (TPSA) is 58.3 Å². The third-order valence-electron chi connectivity index (χ3n) is 2.45. The predicted molar refractivity (Wildman–Crippen MR) is 93.4 cm³/mol. The lowest BCUT2D eigenvalue weighted by Gasteiger charge is -2.05. The van der Waals surface area contributed by atoms with Crippen molar-refractivity contribution in [3.8, 4) is 11.8 Å². The molecule has 0 radical (unpaired) electrons. The lowest BCUT2D eigenvalue weighted by Crippen LogP contribution is -2.05. The van der Waals surface area contributed by atoms with Gasteiger partial charge in [-0.2, -0.15) is 0 Å². The molecule has 0 saturated carbocycles. The highest BCUT2D eigenvalue weighted by Gasteiger charge is 2.06. The van der Waals surface area contributed by atoms with Gasteiger partial charge in [0.1, 0.15) is 11.9 Å². The third-order valence-corrected chi connectivity index (χ3v) is 2.98. The lowest BCUT2D eigenvalue weighted by atomic mass is 10.2. The molecule has 2 aromatic rings. The van der Waals surface area contributed by atoms with Gasteiger partial charge in [0, 0.05) is 29.5 Å². The molecule has 120 valence electrons. The number of nitrogens with zero attached hydrogens (tertiary/aromatic N) is 2. The van der Waals surface area contributed by atoms with Crippen molar-refractivity contribution >= 4 is 15.9 Å². The molecule has 22 heavy (non-hydrogen) atoms. The Bertz CT molecular complexity index is 581. The average Bonchev–Trinajstić information content (AvgIpc) is 3.02. The molecule has 0 amide bonds. The molecular formula is C17H23BrN2O2. The van der Waals surface area contributed by atoms with E-state index in [1.807, 2.05) is 48.9 Å². The van der Waals surface area contributed by atoms with Gasteiger partial charge in [0.2, 0.25) is 0 Å². The highest BCUT2D eigenvalue weighted by Crippen LogP contribution is 2.10. The number of hydrogen-bond donors (Lipinski definition) is 2. The Balaban J connectivity index is 0.00000102. The van der Waals surface area contributed by atoms with E-state index < -0.39 is 6.10 Å². The summed E-state index contributed by atoms with van der Waals surface area (Å²) >= 11 is 3.38. The van der Waals surface area contributed by atoms with E-state index in [0.29, 0.717) is 12.4 Å². The van der Waals surface area contributed by atoms with Crippen molar-refractivity contribution in [3.63, 3.8) is 0 Å². The fourth-order valence-electron chi connectivity index (χ4n) is 1.58. The minimum Gasteiger partial charge on any atom is -0.400 e. The van der Waals surface area contributed by atoms with E-state index in [4.69, 9.17) is 5.11 Å². The standard InChI is InChI=1S/C14H13BrN2O.C2H6.CH4O/c1-11(18)14-16-8-10-17(14)9-2-3-12-4-6-13(15)7-5-12;2*1-2/h4-8,10-11,18H,9H2,1H3;1-2H3;2H,1H3. The summed E-state index contributed by atoms with van der Waals surface area (Å²) in [5, 5.41) is 16.5. The van der Waals surface area contributed by atoms with E-state index in [0.717, 1.165) is 17.1 Å². The number of rotatable bonds is 2. The molecule has 5 heteroatoms. The van der Waals surface area contributed by atoms with Crippen LogP contribution in [0.3, 0.4) is 0 Å². The van der Waals surface area contributed by atoms with Crippen LogP contribution in [0.5, 0.6) is 0 Å². The number of halogens is 1. The van der Waals surface area contributed by atoms with Gasteiger partial charge < -0.3 is 14.8 Å². The third kappa shape index (κ3) is 6.90. The van der Waals surface area contributed by atoms with Gasteiger partial charge in [-0.15, -0.1) is 0 Å². The minimum absolute atomic E-state index is 0.524. The van der Waals surface area contributed by atoms with Gasteiger partial charge in [-0.25, -0.2) is 4.98 Å². The Morgan fingerprint density at radius 2 is 1.82 bits per heavy atom. The molecule has 1 heterocycles. The highest BCUT2D eigenvalue weighted by atomic mass is 79.9. The number of aromatic nitrogens is 2. The van der Waals surface area contributed by atoms with Crippen LogP contribution in [-0.2, 0) is 6.54 Å². The van der Waals surface area contributed by atoms with Crippen LogP contribution in [0.15, 0.2) is 41.1 Å². The monoisotopic (exact) mass is 366 g/mol. The van der Waals surface area contributed by atoms with Gasteiger partial charge in [0.05, 0.1) is 6.54 Å². The molecule has 0 aliphatic rings. The van der Waals surface area contributed by atoms with E-state index in [1.165, 1.54) is 0 Å². The van der Waals surface area contributed by atoms with Crippen LogP contribution >= 0.6 is 15.9 Å². The van der Waals surface area contributed by atoms with Crippen molar-refractivity contribution in [1.29, 1.82) is 0 Å². The zero-order chi connectivity index (χ0) is 17.0. The molecule has 1 unspecified atom stereocenters. The molecule has 0 aliphatic carbocycles. The van der Waals surface area contributed by atoms with Crippen LogP contribution in [0, 0.1) is 11.8 Å². The highest BCUT2D eigenvalue weighted by molar-refractivity contribution is 9.10. The largest absolute Gasteiger partial charge is 0.400 e. The van der Waals surface area contributed by atoms with Crippen LogP contribution in [0.25, 0.3) is 0 Å². The van der Waals surface area contributed by atoms with Crippen molar-refractivity contribution < 1.29 is 10.2 Å². The summed E-state index contributed by atoms with van der Waals surface area (Å²) in [5.74, 6) is 6.78. The zero-order valence-electron chi connectivity index (χ0n) is 13.4. The first-order valence-corrected chi connectivity index (χ1v) is 7.84. The van der Waals surface area contributed by atoms with Gasteiger partial charge in [0.15, 0.2) is 0 Å². The molecule has 1 atom stereocenters. The van der Waals surface area contributed by atoms with Crippen molar-refractivity contribution in [2.45, 2.75) is 33.4 Å². The van der Waals surface area contributed by atoms with E-state index >= 15 is 0 Å². The summed E-state index contributed by atoms with van der Waals surface area (Å²) in [7, 11) is 1.00. The second-order valence-corrected chi connectivity index (χ2v) is 4.81. The van der Waals surface area contributed by atoms with Crippen LogP contribution in [0.2, 0.25) is 0 Å². The number of aliphatic hydroxyl groups excluding tert-OH is 2. The fraction of sp³-hybridized carbons (Fsp3) is 0.353. The van der Waals surface area contributed by atoms with Crippen LogP contribution < -0.4 is 0 Å². The van der Waals surface area contributed by atoms with Crippen LogP contribution in [0.1, 0.15) is 38.3 Å². The SMILES string of the molecule is CC.CC(O)c1nccn1CC#Cc1ccc(Br)cc1.CO. The van der Waals surface area contributed by atoms with Gasteiger partial charge in [-0.05, 0) is 31.2 Å². The Morgan fingerprint density at radius 3 is 2.36 bits per heavy atom. The quantitative estimate of drug-likeness (QED) is 0.800. The number of imidazole rings is 1. The molecule has 1 aromatic heterocycles. The van der Waals surface area contributed by atoms with Gasteiger partial charge in [-0.3, -0.25) is 0 Å². The van der Waals surface area contributed by atoms with Gasteiger partial charge >= 0.3 is 0 Å². The first kappa shape index (κ1) is 20.4. The summed E-state index contributed by atoms with van der Waals surface area (Å²) in [5.41, 5.74) is 0.969. The number of hydrogen-bond acceptors (Lipinski definition) is 3. The summed E-state index contributed by atoms with van der Waals surface area (Å²) in [6, 6.07) is 7.84. The second-order valence-electron chi connectivity index (χ2n) is 3.90. The molecule has 2 N–H and O–H groups in total. The molecule has 1 aromatic carbocycles. The molecule has 0 saturated heterocycles. The van der Waals surface area contributed by atoms with Gasteiger partial charge in [0.25, 0.3) is 0 Å². The molecule has 0 fully saturated rings. The first-order valence-electron chi connectivity index (χ1n) is 7.05. The van der Waals surface area contributed by atoms with Crippen molar-refractivity contribution in [1.82, 2.24) is 9.55 Å². The van der Waals surface area contributed by atoms with Crippen LogP contribution in [0.4, 0.5) is 0 Å². The van der Waals surface area contributed by atoms with Crippen molar-refractivity contribution in [2.75, 3.05) is 7.11 Å². The normalized spacial score (nSPS) is 10.1. The molecule has 0 bridgehead atoms. The van der Waals surface area contributed by atoms with Crippen molar-refractivity contribution in [3.05, 3.63) is 52.5 Å². The zero-order valence-corrected chi connectivity index (χ0v) is 15.0. The lowest BCUT2D eigenvalue weighted by molar-refractivity contribution is 0.184. The minimum atomic E-state index is -0.575. The predicted octanol–water partition coefficient (Wildman–Crippen LogP) is 3.39. The Hall–Kier alpha value is -1.61. The average molecular weight is 367 g/mol. The maximum atomic E-state index is 9.50. The van der Waals surface area contributed by atoms with E-state index in [9.17, 15) is 5.11 Å².